The predicted octanol–water partition coefficient (Wildman–Crippen LogP) is -0.602. The third kappa shape index (κ3) is 7.88. The number of hydrogen-bond acceptors (Lipinski definition) is 11. The second-order valence-electron chi connectivity index (χ2n) is 7.70. The van der Waals surface area contributed by atoms with Crippen LogP contribution in [0.3, 0.4) is 0 Å². The first-order valence-electron chi connectivity index (χ1n) is 10.6. The Balaban J connectivity index is 0.00000432. The van der Waals surface area contributed by atoms with Crippen molar-refractivity contribution in [3.05, 3.63) is 23.3 Å². The molecule has 2 atom stereocenters. The number of benzene rings is 1. The van der Waals surface area contributed by atoms with Gasteiger partial charge in [0.1, 0.15) is 30.2 Å². The molecule has 4 N–H and O–H groups in total. The quantitative estimate of drug-likeness (QED) is 0.365. The fourth-order valence-electron chi connectivity index (χ4n) is 3.46. The first-order chi connectivity index (χ1) is 16.3. The molecule has 0 bridgehead atoms. The highest BCUT2D eigenvalue weighted by atomic mass is 35.5. The topological polar surface area (TPSA) is 164 Å². The number of ether oxygens (including phenoxy) is 3. The Hall–Kier alpha value is -2.74. The zero-order chi connectivity index (χ0) is 24.7. The van der Waals surface area contributed by atoms with Crippen LogP contribution in [0.4, 0.5) is 0 Å². The van der Waals surface area contributed by atoms with Gasteiger partial charge in [-0.1, -0.05) is 0 Å². The van der Waals surface area contributed by atoms with Gasteiger partial charge in [-0.3, -0.25) is 14.5 Å². The molecule has 1 aromatic rings. The number of carbonyl (C=O) groups excluding carboxylic acids is 4. The molecule has 0 radical (unpaired) electrons. The number of esters is 2. The second kappa shape index (κ2) is 13.4. The maximum atomic E-state index is 12.9. The van der Waals surface area contributed by atoms with Gasteiger partial charge < -0.3 is 35.1 Å². The summed E-state index contributed by atoms with van der Waals surface area (Å²) in [5, 5.41) is 25.1. The van der Waals surface area contributed by atoms with Crippen molar-refractivity contribution in [2.24, 2.45) is 0 Å². The van der Waals surface area contributed by atoms with E-state index in [0.29, 0.717) is 26.3 Å². The van der Waals surface area contributed by atoms with Crippen LogP contribution in [0.25, 0.3) is 0 Å². The number of halogens is 1. The van der Waals surface area contributed by atoms with Crippen LogP contribution in [0.15, 0.2) is 12.1 Å². The van der Waals surface area contributed by atoms with Crippen LogP contribution in [0.2, 0.25) is 0 Å². The number of rotatable bonds is 4. The van der Waals surface area contributed by atoms with Crippen molar-refractivity contribution in [1.82, 2.24) is 15.5 Å². The van der Waals surface area contributed by atoms with Gasteiger partial charge in [-0.05, 0) is 6.07 Å². The number of carbonyl (C=O) groups is 4. The minimum absolute atomic E-state index is 0. The van der Waals surface area contributed by atoms with E-state index in [0.717, 1.165) is 23.9 Å². The van der Waals surface area contributed by atoms with Crippen molar-refractivity contribution in [2.75, 3.05) is 52.3 Å². The van der Waals surface area contributed by atoms with E-state index in [1.807, 2.05) is 4.90 Å². The highest BCUT2D eigenvalue weighted by Gasteiger charge is 2.31. The van der Waals surface area contributed by atoms with E-state index < -0.39 is 42.4 Å². The van der Waals surface area contributed by atoms with Gasteiger partial charge in [-0.25, -0.2) is 9.59 Å². The fourth-order valence-corrected chi connectivity index (χ4v) is 4.54. The van der Waals surface area contributed by atoms with Crippen LogP contribution < -0.4 is 10.6 Å². The number of nitrogens with one attached hydrogen (secondary N) is 2. The van der Waals surface area contributed by atoms with E-state index >= 15 is 0 Å². The molecule has 194 valence electrons. The predicted molar refractivity (Wildman–Crippen MR) is 127 cm³/mol. The molecule has 1 fully saturated rings. The van der Waals surface area contributed by atoms with Crippen molar-refractivity contribution in [2.45, 2.75) is 17.8 Å². The SMILES string of the molecule is COC(=O)[C@@H]1CSCc2c(O)cc(O)cc2C(=O)OC[C@H](NC(=O)CN2CCOCC2)C(=O)N1.Cl. The standard InChI is InChI=1S/C21H27N3O9S.ClH/c1-31-21(30)16-11-34-10-14-13(6-12(25)7-17(14)26)20(29)33-9-15(19(28)23-16)22-18(27)8-24-2-4-32-5-3-24;/h6-7,15-16,25-26H,2-5,8-11H2,1H3,(H,22,27)(H,23,28);1H/t15-,16-;/m0./s1. The maximum absolute atomic E-state index is 12.9. The molecule has 35 heavy (non-hydrogen) atoms. The fraction of sp³-hybridized carbons (Fsp3) is 0.524. The van der Waals surface area contributed by atoms with Crippen molar-refractivity contribution < 1.29 is 43.6 Å². The molecule has 2 amide bonds. The van der Waals surface area contributed by atoms with E-state index in [-0.39, 0.29) is 53.1 Å². The number of cyclic esters (lactones) is 1. The van der Waals surface area contributed by atoms with Gasteiger partial charge in [-0.15, -0.1) is 12.4 Å². The highest BCUT2D eigenvalue weighted by Crippen LogP contribution is 2.31. The molecular weight excluding hydrogens is 506 g/mol. The monoisotopic (exact) mass is 533 g/mol. The summed E-state index contributed by atoms with van der Waals surface area (Å²) in [7, 11) is 1.18. The molecule has 0 unspecified atom stereocenters. The molecule has 1 saturated heterocycles. The molecule has 12 nitrogen and oxygen atoms in total. The van der Waals surface area contributed by atoms with E-state index in [9.17, 15) is 29.4 Å². The minimum atomic E-state index is -1.29. The van der Waals surface area contributed by atoms with E-state index in [2.05, 4.69) is 10.6 Å². The Morgan fingerprint density at radius 2 is 1.97 bits per heavy atom. The van der Waals surface area contributed by atoms with Gasteiger partial charge in [0.25, 0.3) is 0 Å². The lowest BCUT2D eigenvalue weighted by Crippen LogP contribution is -2.56. The summed E-state index contributed by atoms with van der Waals surface area (Å²) in [5.74, 6) is -3.25. The van der Waals surface area contributed by atoms with Gasteiger partial charge in [0.2, 0.25) is 11.8 Å². The molecule has 2 aliphatic heterocycles. The lowest BCUT2D eigenvalue weighted by molar-refractivity contribution is -0.144. The number of phenolic OH excluding ortho intramolecular Hbond substituents is 2. The largest absolute Gasteiger partial charge is 0.508 e. The van der Waals surface area contributed by atoms with Crippen LogP contribution >= 0.6 is 24.2 Å². The molecule has 0 saturated carbocycles. The Bertz CT molecular complexity index is 943. The Labute approximate surface area is 212 Å². The summed E-state index contributed by atoms with van der Waals surface area (Å²) >= 11 is 1.15. The third-order valence-electron chi connectivity index (χ3n) is 5.27. The van der Waals surface area contributed by atoms with Gasteiger partial charge in [0.05, 0.1) is 32.4 Å². The number of thioether (sulfide) groups is 1. The average Bonchev–Trinajstić information content (AvgIpc) is 2.81. The Kier molecular flexibility index (Phi) is 10.9. The molecule has 0 aromatic heterocycles. The Morgan fingerprint density at radius 3 is 2.66 bits per heavy atom. The lowest BCUT2D eigenvalue weighted by atomic mass is 10.1. The van der Waals surface area contributed by atoms with Gasteiger partial charge >= 0.3 is 11.9 Å². The average molecular weight is 534 g/mol. The second-order valence-corrected chi connectivity index (χ2v) is 8.73. The number of phenols is 2. The first-order valence-corrected chi connectivity index (χ1v) is 11.7. The van der Waals surface area contributed by atoms with Crippen LogP contribution in [-0.4, -0.2) is 103 Å². The van der Waals surface area contributed by atoms with Gasteiger partial charge in [0, 0.05) is 36.2 Å². The molecule has 0 spiro atoms. The van der Waals surface area contributed by atoms with E-state index in [4.69, 9.17) is 14.2 Å². The number of aromatic hydroxyl groups is 2. The first kappa shape index (κ1) is 28.5. The van der Waals surface area contributed by atoms with Crippen molar-refractivity contribution >= 4 is 47.9 Å². The van der Waals surface area contributed by atoms with Gasteiger partial charge in [-0.2, -0.15) is 11.8 Å². The summed E-state index contributed by atoms with van der Waals surface area (Å²) in [6.07, 6.45) is 0. The van der Waals surface area contributed by atoms with Crippen LogP contribution in [0.5, 0.6) is 11.5 Å². The number of nitrogens with zero attached hydrogens (tertiary/aromatic N) is 1. The number of fused-ring (bicyclic) bond motifs is 1. The summed E-state index contributed by atoms with van der Waals surface area (Å²) < 4.78 is 15.3. The maximum Gasteiger partial charge on any atom is 0.338 e. The molecule has 3 rings (SSSR count). The van der Waals surface area contributed by atoms with E-state index in [1.54, 1.807) is 0 Å². The highest BCUT2D eigenvalue weighted by molar-refractivity contribution is 7.98. The minimum Gasteiger partial charge on any atom is -0.508 e. The molecule has 2 heterocycles. The molecule has 0 aliphatic carbocycles. The number of morpholine rings is 1. The van der Waals surface area contributed by atoms with Crippen LogP contribution in [0, 0.1) is 0 Å². The number of amides is 2. The summed E-state index contributed by atoms with van der Waals surface area (Å²) in [6.45, 7) is 1.59. The van der Waals surface area contributed by atoms with Crippen LogP contribution in [0.1, 0.15) is 15.9 Å². The summed E-state index contributed by atoms with van der Waals surface area (Å²) in [6, 6.07) is -0.0946. The lowest BCUT2D eigenvalue weighted by Gasteiger charge is -2.27. The summed E-state index contributed by atoms with van der Waals surface area (Å²) in [5.41, 5.74) is 0.121. The van der Waals surface area contributed by atoms with Crippen LogP contribution in [-0.2, 0) is 34.3 Å². The molecule has 1 aromatic carbocycles. The number of methoxy groups -OCH3 is 1. The normalized spacial score (nSPS) is 21.6. The molecule has 14 heteroatoms. The number of hydrogen-bond donors (Lipinski definition) is 4. The molecule has 2 aliphatic rings. The molecular formula is C21H28ClN3O9S. The summed E-state index contributed by atoms with van der Waals surface area (Å²) in [4.78, 5) is 52.2. The van der Waals surface area contributed by atoms with Crippen molar-refractivity contribution in [1.29, 1.82) is 0 Å². The van der Waals surface area contributed by atoms with E-state index in [1.165, 1.54) is 7.11 Å². The Morgan fingerprint density at radius 1 is 1.26 bits per heavy atom. The smallest absolute Gasteiger partial charge is 0.338 e. The van der Waals surface area contributed by atoms with Crippen molar-refractivity contribution in [3.63, 3.8) is 0 Å². The third-order valence-corrected chi connectivity index (χ3v) is 6.33. The van der Waals surface area contributed by atoms with Crippen molar-refractivity contribution in [3.8, 4) is 11.5 Å². The zero-order valence-electron chi connectivity index (χ0n) is 19.0. The zero-order valence-corrected chi connectivity index (χ0v) is 20.6. The van der Waals surface area contributed by atoms with Gasteiger partial charge in [0.15, 0.2) is 0 Å².